The van der Waals surface area contributed by atoms with Crippen molar-refractivity contribution in [1.29, 1.82) is 0 Å². The van der Waals surface area contributed by atoms with Crippen molar-refractivity contribution in [2.45, 2.75) is 46.7 Å². The quantitative estimate of drug-likeness (QED) is 0.310. The van der Waals surface area contributed by atoms with Crippen molar-refractivity contribution in [3.63, 3.8) is 0 Å². The van der Waals surface area contributed by atoms with Crippen molar-refractivity contribution in [2.24, 2.45) is 10.9 Å². The molecule has 2 rings (SSSR count). The molecule has 0 amide bonds. The fourth-order valence-electron chi connectivity index (χ4n) is 2.28. The third-order valence-electron chi connectivity index (χ3n) is 3.78. The van der Waals surface area contributed by atoms with Gasteiger partial charge in [0.15, 0.2) is 5.96 Å². The van der Waals surface area contributed by atoms with Crippen LogP contribution in [-0.2, 0) is 13.1 Å². The van der Waals surface area contributed by atoms with Gasteiger partial charge in [-0.05, 0) is 17.9 Å². The molecule has 0 aliphatic heterocycles. The van der Waals surface area contributed by atoms with E-state index in [1.807, 2.05) is 18.2 Å². The number of hydrogen-bond donors (Lipinski definition) is 2. The Morgan fingerprint density at radius 3 is 2.48 bits per heavy atom. The first-order chi connectivity index (χ1) is 12.5. The van der Waals surface area contributed by atoms with Gasteiger partial charge in [-0.2, -0.15) is 0 Å². The van der Waals surface area contributed by atoms with Gasteiger partial charge < -0.3 is 15.4 Å². The Morgan fingerprint density at radius 2 is 1.85 bits per heavy atom. The molecule has 150 valence electrons. The zero-order valence-electron chi connectivity index (χ0n) is 16.8. The number of aliphatic imine (C=N–C) groups is 1. The van der Waals surface area contributed by atoms with Crippen molar-refractivity contribution in [2.75, 3.05) is 13.7 Å². The second kappa shape index (κ2) is 12.2. The molecule has 0 spiro atoms. The van der Waals surface area contributed by atoms with Crippen LogP contribution < -0.4 is 15.4 Å². The summed E-state index contributed by atoms with van der Waals surface area (Å²) < 4.78 is 5.91. The standard InChI is InChI=1S/C20H30N4OS.HI/c1-14(2)12-25-18-9-7-6-8-16(18)10-22-20(21-5)23-11-19-24-17(13-26-19)15(3)4;/h6-9,13-15H,10-12H2,1-5H3,(H2,21,22,23);1H. The van der Waals surface area contributed by atoms with E-state index >= 15 is 0 Å². The zero-order chi connectivity index (χ0) is 18.9. The molecule has 0 saturated carbocycles. The number of halogens is 1. The van der Waals surface area contributed by atoms with Crippen LogP contribution in [0.1, 0.15) is 49.9 Å². The summed E-state index contributed by atoms with van der Waals surface area (Å²) in [4.78, 5) is 8.94. The first-order valence-corrected chi connectivity index (χ1v) is 9.97. The highest BCUT2D eigenvalue weighted by atomic mass is 127. The van der Waals surface area contributed by atoms with Gasteiger partial charge >= 0.3 is 0 Å². The molecule has 7 heteroatoms. The van der Waals surface area contributed by atoms with E-state index in [9.17, 15) is 0 Å². The number of nitrogens with zero attached hydrogens (tertiary/aromatic N) is 2. The molecule has 0 unspecified atom stereocenters. The average Bonchev–Trinajstić information content (AvgIpc) is 3.10. The minimum atomic E-state index is 0. The van der Waals surface area contributed by atoms with Crippen molar-refractivity contribution in [3.8, 4) is 5.75 Å². The highest BCUT2D eigenvalue weighted by molar-refractivity contribution is 14.0. The van der Waals surface area contributed by atoms with Gasteiger partial charge in [0.05, 0.1) is 18.8 Å². The molecule has 0 fully saturated rings. The van der Waals surface area contributed by atoms with E-state index in [0.717, 1.165) is 28.0 Å². The molecule has 0 aliphatic rings. The summed E-state index contributed by atoms with van der Waals surface area (Å²) in [6, 6.07) is 8.11. The maximum Gasteiger partial charge on any atom is 0.191 e. The van der Waals surface area contributed by atoms with Crippen LogP contribution in [0.3, 0.4) is 0 Å². The van der Waals surface area contributed by atoms with E-state index in [1.54, 1.807) is 18.4 Å². The molecule has 5 nitrogen and oxygen atoms in total. The predicted molar refractivity (Wildman–Crippen MR) is 125 cm³/mol. The lowest BCUT2D eigenvalue weighted by Gasteiger charge is -2.15. The van der Waals surface area contributed by atoms with Crippen LogP contribution in [0.4, 0.5) is 0 Å². The number of aromatic nitrogens is 1. The van der Waals surface area contributed by atoms with Crippen LogP contribution in [-0.4, -0.2) is 24.6 Å². The summed E-state index contributed by atoms with van der Waals surface area (Å²) in [5, 5.41) is 9.87. The summed E-state index contributed by atoms with van der Waals surface area (Å²) >= 11 is 1.68. The van der Waals surface area contributed by atoms with Gasteiger partial charge in [0.1, 0.15) is 10.8 Å². The second-order valence-corrected chi connectivity index (χ2v) is 7.86. The number of rotatable bonds is 8. The normalized spacial score (nSPS) is 11.4. The first kappa shape index (κ1) is 23.7. The molecule has 0 aliphatic carbocycles. The maximum atomic E-state index is 5.91. The molecule has 1 heterocycles. The van der Waals surface area contributed by atoms with Gasteiger partial charge in [0.2, 0.25) is 0 Å². The number of ether oxygens (including phenoxy) is 1. The molecule has 0 bridgehead atoms. The number of nitrogens with one attached hydrogen (secondary N) is 2. The maximum absolute atomic E-state index is 5.91. The van der Waals surface area contributed by atoms with E-state index < -0.39 is 0 Å². The Hall–Kier alpha value is -1.35. The molecule has 0 atom stereocenters. The summed E-state index contributed by atoms with van der Waals surface area (Å²) in [7, 11) is 1.78. The SMILES string of the molecule is CN=C(NCc1nc(C(C)C)cs1)NCc1ccccc1OCC(C)C.I. The fraction of sp³-hybridized carbons (Fsp3) is 0.500. The largest absolute Gasteiger partial charge is 0.493 e. The van der Waals surface area contributed by atoms with Crippen LogP contribution in [0.15, 0.2) is 34.6 Å². The molecule has 1 aromatic heterocycles. The molecule has 0 saturated heterocycles. The summed E-state index contributed by atoms with van der Waals surface area (Å²) in [6.45, 7) is 10.7. The number of thiazole rings is 1. The summed E-state index contributed by atoms with van der Waals surface area (Å²) in [5.74, 6) is 2.63. The summed E-state index contributed by atoms with van der Waals surface area (Å²) in [5.41, 5.74) is 2.26. The van der Waals surface area contributed by atoms with E-state index in [1.165, 1.54) is 0 Å². The van der Waals surface area contributed by atoms with Crippen LogP contribution >= 0.6 is 35.3 Å². The molecule has 2 N–H and O–H groups in total. The lowest BCUT2D eigenvalue weighted by molar-refractivity contribution is 0.268. The van der Waals surface area contributed by atoms with Gasteiger partial charge in [-0.3, -0.25) is 4.99 Å². The van der Waals surface area contributed by atoms with Crippen molar-refractivity contribution < 1.29 is 4.74 Å². The van der Waals surface area contributed by atoms with Crippen molar-refractivity contribution in [3.05, 3.63) is 45.9 Å². The lowest BCUT2D eigenvalue weighted by Crippen LogP contribution is -2.36. The monoisotopic (exact) mass is 502 g/mol. The number of para-hydroxylation sites is 1. The predicted octanol–water partition coefficient (Wildman–Crippen LogP) is 4.78. The fourth-order valence-corrected chi connectivity index (χ4v) is 3.17. The zero-order valence-corrected chi connectivity index (χ0v) is 19.9. The second-order valence-electron chi connectivity index (χ2n) is 6.91. The molecule has 0 radical (unpaired) electrons. The van der Waals surface area contributed by atoms with E-state index in [-0.39, 0.29) is 24.0 Å². The third kappa shape index (κ3) is 8.04. The molecule has 2 aromatic rings. The minimum Gasteiger partial charge on any atom is -0.493 e. The third-order valence-corrected chi connectivity index (χ3v) is 4.65. The highest BCUT2D eigenvalue weighted by Crippen LogP contribution is 2.19. The molecular formula is C20H31IN4OS. The van der Waals surface area contributed by atoms with Gasteiger partial charge in [-0.1, -0.05) is 45.9 Å². The number of benzene rings is 1. The Balaban J connectivity index is 0.00000364. The van der Waals surface area contributed by atoms with Crippen molar-refractivity contribution >= 4 is 41.3 Å². The Bertz CT molecular complexity index is 716. The topological polar surface area (TPSA) is 58.5 Å². The van der Waals surface area contributed by atoms with Crippen LogP contribution in [0.2, 0.25) is 0 Å². The van der Waals surface area contributed by atoms with E-state index in [4.69, 9.17) is 4.74 Å². The van der Waals surface area contributed by atoms with Crippen LogP contribution in [0.25, 0.3) is 0 Å². The Labute approximate surface area is 184 Å². The first-order valence-electron chi connectivity index (χ1n) is 9.09. The average molecular weight is 502 g/mol. The van der Waals surface area contributed by atoms with Crippen LogP contribution in [0, 0.1) is 5.92 Å². The van der Waals surface area contributed by atoms with E-state index in [2.05, 4.69) is 59.8 Å². The molecule has 27 heavy (non-hydrogen) atoms. The Morgan fingerprint density at radius 1 is 1.15 bits per heavy atom. The number of hydrogen-bond acceptors (Lipinski definition) is 4. The van der Waals surface area contributed by atoms with E-state index in [0.29, 0.717) is 31.5 Å². The van der Waals surface area contributed by atoms with Gasteiger partial charge in [0.25, 0.3) is 0 Å². The van der Waals surface area contributed by atoms with Gasteiger partial charge in [-0.15, -0.1) is 35.3 Å². The van der Waals surface area contributed by atoms with Gasteiger partial charge in [-0.25, -0.2) is 4.98 Å². The minimum absolute atomic E-state index is 0. The number of guanidine groups is 1. The highest BCUT2D eigenvalue weighted by Gasteiger charge is 2.08. The summed E-state index contributed by atoms with van der Waals surface area (Å²) in [6.07, 6.45) is 0. The molecular weight excluding hydrogens is 471 g/mol. The Kier molecular flexibility index (Phi) is 10.7. The smallest absolute Gasteiger partial charge is 0.191 e. The van der Waals surface area contributed by atoms with Crippen molar-refractivity contribution in [1.82, 2.24) is 15.6 Å². The van der Waals surface area contributed by atoms with Gasteiger partial charge in [0, 0.05) is 24.5 Å². The lowest BCUT2D eigenvalue weighted by atomic mass is 10.2. The van der Waals surface area contributed by atoms with Crippen LogP contribution in [0.5, 0.6) is 5.75 Å². The molecule has 1 aromatic carbocycles.